The second-order valence-electron chi connectivity index (χ2n) is 4.60. The van der Waals surface area contributed by atoms with Gasteiger partial charge in [-0.1, -0.05) is 36.4 Å². The number of benzene rings is 1. The lowest BCUT2D eigenvalue weighted by Crippen LogP contribution is -2.24. The van der Waals surface area contributed by atoms with Crippen LogP contribution in [0.15, 0.2) is 54.7 Å². The number of nitrogens with zero attached hydrogens (tertiary/aromatic N) is 1. The standard InChI is InChI=1S/C17H18N2O2/c1-14-9-11-18-16(12-14)8-5-10-19-17(20)21-13-15-6-3-2-4-7-15/h2-9,11-12H,10,13H2,1H3,(H,19,20). The third-order valence-electron chi connectivity index (χ3n) is 2.80. The third-order valence-corrected chi connectivity index (χ3v) is 2.80. The second-order valence-corrected chi connectivity index (χ2v) is 4.60. The fraction of sp³-hybridized carbons (Fsp3) is 0.176. The number of nitrogens with one attached hydrogen (secondary N) is 1. The molecule has 1 aromatic carbocycles. The fourth-order valence-corrected chi connectivity index (χ4v) is 1.75. The number of ether oxygens (including phenoxy) is 1. The molecule has 0 aliphatic heterocycles. The van der Waals surface area contributed by atoms with E-state index in [0.717, 1.165) is 16.8 Å². The molecule has 0 atom stereocenters. The number of aromatic nitrogens is 1. The van der Waals surface area contributed by atoms with Crippen LogP contribution in [0.5, 0.6) is 0 Å². The number of hydrogen-bond acceptors (Lipinski definition) is 3. The minimum atomic E-state index is -0.430. The number of alkyl carbamates (subject to hydrolysis) is 1. The molecule has 0 unspecified atom stereocenters. The smallest absolute Gasteiger partial charge is 0.407 e. The summed E-state index contributed by atoms with van der Waals surface area (Å²) in [6.45, 7) is 2.69. The Hall–Kier alpha value is -2.62. The molecule has 1 heterocycles. The quantitative estimate of drug-likeness (QED) is 0.915. The summed E-state index contributed by atoms with van der Waals surface area (Å²) in [5.41, 5.74) is 2.99. The molecular formula is C17H18N2O2. The molecule has 0 fully saturated rings. The average Bonchev–Trinajstić information content (AvgIpc) is 2.51. The van der Waals surface area contributed by atoms with E-state index in [4.69, 9.17) is 4.74 Å². The van der Waals surface area contributed by atoms with E-state index in [9.17, 15) is 4.79 Å². The summed E-state index contributed by atoms with van der Waals surface area (Å²) in [6.07, 6.45) is 5.03. The van der Waals surface area contributed by atoms with Gasteiger partial charge < -0.3 is 10.1 Å². The summed E-state index contributed by atoms with van der Waals surface area (Å²) in [5.74, 6) is 0. The maximum atomic E-state index is 11.5. The maximum absolute atomic E-state index is 11.5. The Labute approximate surface area is 124 Å². The van der Waals surface area contributed by atoms with E-state index in [2.05, 4.69) is 10.3 Å². The van der Waals surface area contributed by atoms with Crippen LogP contribution in [-0.4, -0.2) is 17.6 Å². The molecule has 0 bridgehead atoms. The molecule has 4 heteroatoms. The van der Waals surface area contributed by atoms with Crippen molar-refractivity contribution in [1.82, 2.24) is 10.3 Å². The molecule has 0 aliphatic rings. The molecule has 1 amide bonds. The Morgan fingerprint density at radius 1 is 1.29 bits per heavy atom. The topological polar surface area (TPSA) is 51.2 Å². The largest absolute Gasteiger partial charge is 0.445 e. The van der Waals surface area contributed by atoms with Crippen LogP contribution >= 0.6 is 0 Å². The molecule has 21 heavy (non-hydrogen) atoms. The van der Waals surface area contributed by atoms with Crippen molar-refractivity contribution >= 4 is 12.2 Å². The van der Waals surface area contributed by atoms with Crippen molar-refractivity contribution in [2.75, 3.05) is 6.54 Å². The number of carbonyl (C=O) groups excluding carboxylic acids is 1. The van der Waals surface area contributed by atoms with E-state index < -0.39 is 6.09 Å². The first-order valence-corrected chi connectivity index (χ1v) is 6.78. The van der Waals surface area contributed by atoms with Crippen molar-refractivity contribution < 1.29 is 9.53 Å². The van der Waals surface area contributed by atoms with E-state index in [-0.39, 0.29) is 6.61 Å². The van der Waals surface area contributed by atoms with Gasteiger partial charge >= 0.3 is 6.09 Å². The van der Waals surface area contributed by atoms with Gasteiger partial charge in [-0.2, -0.15) is 0 Å². The molecule has 0 saturated heterocycles. The zero-order valence-electron chi connectivity index (χ0n) is 12.0. The minimum Gasteiger partial charge on any atom is -0.445 e. The van der Waals surface area contributed by atoms with Crippen molar-refractivity contribution in [3.05, 3.63) is 71.6 Å². The Morgan fingerprint density at radius 3 is 2.86 bits per heavy atom. The first-order chi connectivity index (χ1) is 10.2. The van der Waals surface area contributed by atoms with Crippen LogP contribution in [0.4, 0.5) is 4.79 Å². The van der Waals surface area contributed by atoms with E-state index in [0.29, 0.717) is 6.54 Å². The normalized spacial score (nSPS) is 10.5. The van der Waals surface area contributed by atoms with Crippen molar-refractivity contribution in [2.45, 2.75) is 13.5 Å². The Balaban J connectivity index is 1.69. The lowest BCUT2D eigenvalue weighted by atomic mass is 10.2. The number of aryl methyl sites for hydroxylation is 1. The number of pyridine rings is 1. The van der Waals surface area contributed by atoms with Crippen molar-refractivity contribution in [2.24, 2.45) is 0 Å². The van der Waals surface area contributed by atoms with E-state index in [1.54, 1.807) is 6.20 Å². The zero-order chi connectivity index (χ0) is 14.9. The van der Waals surface area contributed by atoms with E-state index >= 15 is 0 Å². The third kappa shape index (κ3) is 5.48. The Bertz CT molecular complexity index is 609. The Morgan fingerprint density at radius 2 is 2.10 bits per heavy atom. The first kappa shape index (κ1) is 14.8. The molecule has 0 spiro atoms. The average molecular weight is 282 g/mol. The van der Waals surface area contributed by atoms with Crippen LogP contribution in [-0.2, 0) is 11.3 Å². The van der Waals surface area contributed by atoms with Gasteiger partial charge in [0.1, 0.15) is 6.61 Å². The van der Waals surface area contributed by atoms with Gasteiger partial charge in [-0.3, -0.25) is 4.98 Å². The summed E-state index contributed by atoms with van der Waals surface area (Å²) < 4.78 is 5.10. The molecule has 1 aromatic heterocycles. The molecular weight excluding hydrogens is 264 g/mol. The van der Waals surface area contributed by atoms with Crippen LogP contribution in [0.1, 0.15) is 16.8 Å². The maximum Gasteiger partial charge on any atom is 0.407 e. The molecule has 2 aromatic rings. The molecule has 0 radical (unpaired) electrons. The summed E-state index contributed by atoms with van der Waals surface area (Å²) in [6, 6.07) is 13.5. The van der Waals surface area contributed by atoms with Gasteiger partial charge in [-0.15, -0.1) is 0 Å². The second kappa shape index (κ2) is 7.85. The van der Waals surface area contributed by atoms with Crippen molar-refractivity contribution in [3.63, 3.8) is 0 Å². The Kier molecular flexibility index (Phi) is 5.52. The lowest BCUT2D eigenvalue weighted by Gasteiger charge is -2.05. The van der Waals surface area contributed by atoms with Crippen LogP contribution in [0, 0.1) is 6.92 Å². The van der Waals surface area contributed by atoms with Gasteiger partial charge in [0.25, 0.3) is 0 Å². The zero-order valence-corrected chi connectivity index (χ0v) is 12.0. The van der Waals surface area contributed by atoms with Crippen LogP contribution in [0.2, 0.25) is 0 Å². The number of carbonyl (C=O) groups is 1. The van der Waals surface area contributed by atoms with Gasteiger partial charge in [0, 0.05) is 12.7 Å². The molecule has 4 nitrogen and oxygen atoms in total. The molecule has 2 rings (SSSR count). The number of amides is 1. The summed E-state index contributed by atoms with van der Waals surface area (Å²) >= 11 is 0. The molecule has 0 aliphatic carbocycles. The lowest BCUT2D eigenvalue weighted by molar-refractivity contribution is 0.141. The van der Waals surface area contributed by atoms with Crippen molar-refractivity contribution in [3.8, 4) is 0 Å². The minimum absolute atomic E-state index is 0.274. The molecule has 1 N–H and O–H groups in total. The fourth-order valence-electron chi connectivity index (χ4n) is 1.75. The number of hydrogen-bond donors (Lipinski definition) is 1. The SMILES string of the molecule is Cc1ccnc(C=CCNC(=O)OCc2ccccc2)c1. The number of rotatable bonds is 5. The molecule has 0 saturated carbocycles. The van der Waals surface area contributed by atoms with Crippen LogP contribution in [0.25, 0.3) is 6.08 Å². The van der Waals surface area contributed by atoms with E-state index in [1.165, 1.54) is 0 Å². The van der Waals surface area contributed by atoms with Gasteiger partial charge in [-0.25, -0.2) is 4.79 Å². The first-order valence-electron chi connectivity index (χ1n) is 6.78. The monoisotopic (exact) mass is 282 g/mol. The van der Waals surface area contributed by atoms with Gasteiger partial charge in [0.05, 0.1) is 5.69 Å². The highest BCUT2D eigenvalue weighted by Gasteiger charge is 2.00. The van der Waals surface area contributed by atoms with Crippen LogP contribution < -0.4 is 5.32 Å². The van der Waals surface area contributed by atoms with Gasteiger partial charge in [0.2, 0.25) is 0 Å². The van der Waals surface area contributed by atoms with Gasteiger partial charge in [0.15, 0.2) is 0 Å². The predicted octanol–water partition coefficient (Wildman–Crippen LogP) is 3.33. The highest BCUT2D eigenvalue weighted by Crippen LogP contribution is 2.02. The van der Waals surface area contributed by atoms with Crippen molar-refractivity contribution in [1.29, 1.82) is 0 Å². The highest BCUT2D eigenvalue weighted by molar-refractivity contribution is 5.67. The van der Waals surface area contributed by atoms with Crippen LogP contribution in [0.3, 0.4) is 0 Å². The highest BCUT2D eigenvalue weighted by atomic mass is 16.5. The summed E-state index contributed by atoms with van der Waals surface area (Å²) in [5, 5.41) is 2.66. The van der Waals surface area contributed by atoms with E-state index in [1.807, 2.05) is 61.5 Å². The summed E-state index contributed by atoms with van der Waals surface area (Å²) in [4.78, 5) is 15.7. The summed E-state index contributed by atoms with van der Waals surface area (Å²) in [7, 11) is 0. The predicted molar refractivity (Wildman–Crippen MR) is 82.6 cm³/mol. The molecule has 108 valence electrons. The van der Waals surface area contributed by atoms with Gasteiger partial charge in [-0.05, 0) is 36.3 Å².